The molecule has 14 heteroatoms. The van der Waals surface area contributed by atoms with Gasteiger partial charge >= 0.3 is 12.1 Å². The number of fused-ring (bicyclic) bond motifs is 1. The average molecular weight is 588 g/mol. The summed E-state index contributed by atoms with van der Waals surface area (Å²) in [6, 6.07) is 2.81. The number of carboxylic acids is 1. The number of hydrogen-bond acceptors (Lipinski definition) is 6. The topological polar surface area (TPSA) is 144 Å². The summed E-state index contributed by atoms with van der Waals surface area (Å²) in [6.45, 7) is 1.78. The van der Waals surface area contributed by atoms with E-state index in [2.05, 4.69) is 20.8 Å². The lowest BCUT2D eigenvalue weighted by Gasteiger charge is -2.37. The van der Waals surface area contributed by atoms with Gasteiger partial charge < -0.3 is 15.7 Å². The minimum Gasteiger partial charge on any atom is -0.480 e. The number of hydrogen-bond donors (Lipinski definition) is 3. The van der Waals surface area contributed by atoms with Gasteiger partial charge in [-0.05, 0) is 80.9 Å². The number of carbonyl (C=O) groups excluding carboxylic acids is 2. The zero-order chi connectivity index (χ0) is 29.8. The number of imidazole rings is 1. The molecular formula is C28H32F3N7O4. The largest absolute Gasteiger partial charge is 0.480 e. The smallest absolute Gasteiger partial charge is 0.393 e. The molecule has 3 fully saturated rings. The highest BCUT2D eigenvalue weighted by molar-refractivity contribution is 6.02. The Labute approximate surface area is 238 Å². The van der Waals surface area contributed by atoms with Crippen LogP contribution in [0.3, 0.4) is 0 Å². The Hall–Kier alpha value is -3.97. The summed E-state index contributed by atoms with van der Waals surface area (Å²) in [5.41, 5.74) is -0.641. The molecule has 0 spiro atoms. The number of nitrogens with zero attached hydrogens (tertiary/aromatic N) is 5. The summed E-state index contributed by atoms with van der Waals surface area (Å²) in [5.74, 6) is -3.69. The number of carboxylic acid groups (broad SMARTS) is 1. The molecule has 1 unspecified atom stereocenters. The Morgan fingerprint density at radius 3 is 2.55 bits per heavy atom. The zero-order valence-corrected chi connectivity index (χ0v) is 23.0. The summed E-state index contributed by atoms with van der Waals surface area (Å²) < 4.78 is 43.6. The second-order valence-corrected chi connectivity index (χ2v) is 11.8. The summed E-state index contributed by atoms with van der Waals surface area (Å²) >= 11 is 0. The molecular weight excluding hydrogens is 555 g/mol. The maximum Gasteiger partial charge on any atom is 0.393 e. The maximum atomic E-state index is 13.5. The molecule has 2 aliphatic carbocycles. The number of aromatic nitrogens is 5. The number of carbonyl (C=O) groups is 3. The van der Waals surface area contributed by atoms with E-state index in [-0.39, 0.29) is 17.4 Å². The van der Waals surface area contributed by atoms with E-state index >= 15 is 0 Å². The molecule has 42 heavy (non-hydrogen) atoms. The van der Waals surface area contributed by atoms with Crippen LogP contribution in [0.25, 0.3) is 5.65 Å². The van der Waals surface area contributed by atoms with Crippen LogP contribution in [-0.4, -0.2) is 60.0 Å². The van der Waals surface area contributed by atoms with E-state index in [0.717, 1.165) is 25.7 Å². The van der Waals surface area contributed by atoms with Crippen LogP contribution in [0.4, 0.5) is 13.2 Å². The predicted molar refractivity (Wildman–Crippen MR) is 141 cm³/mol. The van der Waals surface area contributed by atoms with Crippen LogP contribution in [0.1, 0.15) is 66.8 Å². The summed E-state index contributed by atoms with van der Waals surface area (Å²) in [7, 11) is 0. The van der Waals surface area contributed by atoms with Crippen molar-refractivity contribution in [3.63, 3.8) is 0 Å². The van der Waals surface area contributed by atoms with Crippen molar-refractivity contribution < 1.29 is 32.7 Å². The first kappa shape index (κ1) is 28.2. The van der Waals surface area contributed by atoms with Crippen LogP contribution in [0.2, 0.25) is 0 Å². The Morgan fingerprint density at radius 2 is 1.93 bits per heavy atom. The second kappa shape index (κ2) is 10.4. The van der Waals surface area contributed by atoms with Crippen LogP contribution in [0.15, 0.2) is 30.7 Å². The molecule has 3 aromatic heterocycles. The first-order valence-electron chi connectivity index (χ1n) is 14.3. The molecule has 1 aliphatic heterocycles. The van der Waals surface area contributed by atoms with E-state index < -0.39 is 54.8 Å². The van der Waals surface area contributed by atoms with E-state index in [0.29, 0.717) is 35.4 Å². The molecule has 6 rings (SSSR count). The third kappa shape index (κ3) is 5.22. The van der Waals surface area contributed by atoms with Gasteiger partial charge in [0.15, 0.2) is 11.1 Å². The molecule has 2 saturated carbocycles. The second-order valence-electron chi connectivity index (χ2n) is 11.8. The van der Waals surface area contributed by atoms with Crippen LogP contribution in [0, 0.1) is 29.1 Å². The molecule has 3 atom stereocenters. The van der Waals surface area contributed by atoms with E-state index in [1.54, 1.807) is 29.2 Å². The van der Waals surface area contributed by atoms with Gasteiger partial charge in [0.05, 0.1) is 30.0 Å². The van der Waals surface area contributed by atoms with Crippen molar-refractivity contribution in [2.75, 3.05) is 6.54 Å². The SMILES string of the molecule is CCn1nccc1C(=O)N[C@H](c1cn2ncc(CC3(C(=O)O)C[C@@H](C(F)(F)F)CNC3=O)cc2n1)C(C1CC1)C1CC1. The van der Waals surface area contributed by atoms with E-state index in [9.17, 15) is 32.7 Å². The van der Waals surface area contributed by atoms with Crippen molar-refractivity contribution in [1.82, 2.24) is 35.0 Å². The molecule has 3 aromatic rings. The van der Waals surface area contributed by atoms with Crippen molar-refractivity contribution in [3.05, 3.63) is 47.7 Å². The number of alkyl halides is 3. The Kier molecular flexibility index (Phi) is 6.97. The van der Waals surface area contributed by atoms with Crippen molar-refractivity contribution >= 4 is 23.4 Å². The van der Waals surface area contributed by atoms with Crippen molar-refractivity contribution in [1.29, 1.82) is 0 Å². The standard InChI is InChI=1S/C28H32F3N7O4/c1-2-37-20(7-8-33-37)24(39)36-23(22(16-3-4-16)17-5-6-17)19-14-38-21(35-19)9-15(12-34-38)10-27(26(41)42)11-18(28(29,30)31)13-32-25(27)40/h7-9,12,14,16-18,22-23H,2-6,10-11,13H2,1H3,(H,32,40)(H,36,39)(H,41,42)/t18-,23-,27?/m1/s1. The van der Waals surface area contributed by atoms with Gasteiger partial charge in [-0.15, -0.1) is 0 Å². The number of aliphatic carboxylic acids is 1. The first-order chi connectivity index (χ1) is 20.0. The van der Waals surface area contributed by atoms with Gasteiger partial charge in [0, 0.05) is 19.3 Å². The zero-order valence-electron chi connectivity index (χ0n) is 23.0. The Balaban J connectivity index is 1.32. The number of rotatable bonds is 10. The van der Waals surface area contributed by atoms with Gasteiger partial charge in [0.25, 0.3) is 5.91 Å². The molecule has 0 aromatic carbocycles. The van der Waals surface area contributed by atoms with Gasteiger partial charge in [-0.1, -0.05) is 0 Å². The number of halogens is 3. The van der Waals surface area contributed by atoms with E-state index in [1.165, 1.54) is 10.7 Å². The highest BCUT2D eigenvalue weighted by Gasteiger charge is 2.56. The summed E-state index contributed by atoms with van der Waals surface area (Å²) in [4.78, 5) is 43.1. The third-order valence-corrected chi connectivity index (χ3v) is 8.88. The molecule has 3 aliphatic rings. The molecule has 0 bridgehead atoms. The number of nitrogens with one attached hydrogen (secondary N) is 2. The predicted octanol–water partition coefficient (Wildman–Crippen LogP) is 3.16. The molecule has 3 N–H and O–H groups in total. The molecule has 2 amide bonds. The molecule has 4 heterocycles. The first-order valence-corrected chi connectivity index (χ1v) is 14.3. The minimum absolute atomic E-state index is 0.192. The van der Waals surface area contributed by atoms with Gasteiger partial charge in [0.1, 0.15) is 5.69 Å². The minimum atomic E-state index is -4.65. The third-order valence-electron chi connectivity index (χ3n) is 8.88. The van der Waals surface area contributed by atoms with Gasteiger partial charge in [-0.3, -0.25) is 19.1 Å². The highest BCUT2D eigenvalue weighted by Crippen LogP contribution is 2.54. The fraction of sp³-hybridized carbons (Fsp3) is 0.571. The Morgan fingerprint density at radius 1 is 1.21 bits per heavy atom. The lowest BCUT2D eigenvalue weighted by Crippen LogP contribution is -2.57. The average Bonchev–Trinajstić information content (AvgIpc) is 3.87. The number of piperidine rings is 1. The molecule has 11 nitrogen and oxygen atoms in total. The Bertz CT molecular complexity index is 1510. The van der Waals surface area contributed by atoms with Crippen molar-refractivity contribution in [3.8, 4) is 0 Å². The van der Waals surface area contributed by atoms with Crippen LogP contribution >= 0.6 is 0 Å². The van der Waals surface area contributed by atoms with Crippen LogP contribution in [-0.2, 0) is 22.6 Å². The summed E-state index contributed by atoms with van der Waals surface area (Å²) in [5, 5.41) is 23.9. The quantitative estimate of drug-likeness (QED) is 0.309. The van der Waals surface area contributed by atoms with Crippen LogP contribution < -0.4 is 10.6 Å². The molecule has 224 valence electrons. The van der Waals surface area contributed by atoms with E-state index in [1.807, 2.05) is 6.92 Å². The lowest BCUT2D eigenvalue weighted by molar-refractivity contribution is -0.194. The normalized spacial score (nSPS) is 23.6. The number of aryl methyl sites for hydroxylation is 1. The molecule has 0 radical (unpaired) electrons. The van der Waals surface area contributed by atoms with Crippen molar-refractivity contribution in [2.45, 2.75) is 64.2 Å². The highest BCUT2D eigenvalue weighted by atomic mass is 19.4. The van der Waals surface area contributed by atoms with Gasteiger partial charge in [-0.25, -0.2) is 9.50 Å². The van der Waals surface area contributed by atoms with Gasteiger partial charge in [-0.2, -0.15) is 23.4 Å². The fourth-order valence-electron chi connectivity index (χ4n) is 6.40. The van der Waals surface area contributed by atoms with Crippen LogP contribution in [0.5, 0.6) is 0 Å². The molecule has 1 saturated heterocycles. The van der Waals surface area contributed by atoms with Crippen molar-refractivity contribution in [2.24, 2.45) is 29.1 Å². The fourth-order valence-corrected chi connectivity index (χ4v) is 6.40. The maximum absolute atomic E-state index is 13.5. The van der Waals surface area contributed by atoms with E-state index in [4.69, 9.17) is 4.98 Å². The number of amides is 2. The lowest BCUT2D eigenvalue weighted by atomic mass is 9.71. The van der Waals surface area contributed by atoms with Gasteiger partial charge in [0.2, 0.25) is 5.91 Å². The monoisotopic (exact) mass is 587 g/mol. The summed E-state index contributed by atoms with van der Waals surface area (Å²) in [6.07, 6.45) is 2.97.